The molecule has 1 aliphatic heterocycles. The summed E-state index contributed by atoms with van der Waals surface area (Å²) in [4.78, 5) is 0. The Hall–Kier alpha value is -0.0800. The van der Waals surface area contributed by atoms with Crippen LogP contribution < -0.4 is 5.32 Å². The van der Waals surface area contributed by atoms with Crippen molar-refractivity contribution in [1.29, 1.82) is 0 Å². The fourth-order valence-corrected chi connectivity index (χ4v) is 1.84. The zero-order chi connectivity index (χ0) is 9.57. The van der Waals surface area contributed by atoms with Gasteiger partial charge in [0.2, 0.25) is 0 Å². The van der Waals surface area contributed by atoms with E-state index in [9.17, 15) is 0 Å². The average molecular weight is 185 g/mol. The van der Waals surface area contributed by atoms with Gasteiger partial charge in [0.15, 0.2) is 0 Å². The predicted octanol–water partition coefficient (Wildman–Crippen LogP) is 2.34. The molecule has 1 heterocycles. The summed E-state index contributed by atoms with van der Waals surface area (Å²) in [6.07, 6.45) is 6.40. The van der Waals surface area contributed by atoms with Crippen LogP contribution in [0.3, 0.4) is 0 Å². The predicted molar refractivity (Wildman–Crippen MR) is 56.0 cm³/mol. The van der Waals surface area contributed by atoms with E-state index in [4.69, 9.17) is 4.74 Å². The molecule has 0 aromatic heterocycles. The lowest BCUT2D eigenvalue weighted by Gasteiger charge is -2.34. The Bertz CT molecular complexity index is 130. The summed E-state index contributed by atoms with van der Waals surface area (Å²) in [5.41, 5.74) is 0.256. The van der Waals surface area contributed by atoms with Gasteiger partial charge in [-0.25, -0.2) is 0 Å². The van der Waals surface area contributed by atoms with Crippen LogP contribution in [-0.2, 0) is 4.74 Å². The first-order valence-corrected chi connectivity index (χ1v) is 5.60. The van der Waals surface area contributed by atoms with Crippen molar-refractivity contribution < 1.29 is 4.74 Å². The first-order valence-electron chi connectivity index (χ1n) is 5.60. The number of unbranched alkanes of at least 4 members (excludes halogenated alkanes) is 2. The van der Waals surface area contributed by atoms with Crippen LogP contribution in [0.15, 0.2) is 0 Å². The minimum absolute atomic E-state index is 0.256. The van der Waals surface area contributed by atoms with Gasteiger partial charge >= 0.3 is 0 Å². The molecule has 0 amide bonds. The van der Waals surface area contributed by atoms with E-state index in [1.807, 2.05) is 0 Å². The van der Waals surface area contributed by atoms with E-state index in [0.717, 1.165) is 19.8 Å². The molecular formula is C11H23NO. The summed E-state index contributed by atoms with van der Waals surface area (Å²) in [6, 6.07) is 0. The summed E-state index contributed by atoms with van der Waals surface area (Å²) in [5, 5.41) is 3.61. The number of hydrogen-bond acceptors (Lipinski definition) is 2. The largest absolute Gasteiger partial charge is 0.380 e. The lowest BCUT2D eigenvalue weighted by atomic mass is 9.95. The van der Waals surface area contributed by atoms with E-state index in [1.54, 1.807) is 0 Å². The number of hydrogen-bond donors (Lipinski definition) is 1. The zero-order valence-electron chi connectivity index (χ0n) is 9.07. The summed E-state index contributed by atoms with van der Waals surface area (Å²) in [7, 11) is 0. The number of nitrogens with one attached hydrogen (secondary N) is 1. The van der Waals surface area contributed by atoms with Crippen LogP contribution in [0.5, 0.6) is 0 Å². The Balaban J connectivity index is 2.10. The Labute approximate surface area is 82.0 Å². The van der Waals surface area contributed by atoms with Crippen LogP contribution >= 0.6 is 0 Å². The van der Waals surface area contributed by atoms with Gasteiger partial charge < -0.3 is 10.1 Å². The second-order valence-electron chi connectivity index (χ2n) is 4.35. The van der Waals surface area contributed by atoms with Gasteiger partial charge in [-0.1, -0.05) is 19.8 Å². The molecule has 1 aliphatic rings. The van der Waals surface area contributed by atoms with Gasteiger partial charge in [-0.15, -0.1) is 0 Å². The van der Waals surface area contributed by atoms with Gasteiger partial charge in [0, 0.05) is 12.1 Å². The molecule has 1 N–H and O–H groups in total. The van der Waals surface area contributed by atoms with Crippen molar-refractivity contribution in [3.63, 3.8) is 0 Å². The summed E-state index contributed by atoms with van der Waals surface area (Å²) < 4.78 is 5.48. The number of rotatable bonds is 5. The molecule has 2 heteroatoms. The Kier molecular flexibility index (Phi) is 4.74. The summed E-state index contributed by atoms with van der Waals surface area (Å²) in [6.45, 7) is 7.50. The zero-order valence-corrected chi connectivity index (χ0v) is 9.07. The van der Waals surface area contributed by atoms with Crippen LogP contribution in [0.2, 0.25) is 0 Å². The lowest BCUT2D eigenvalue weighted by Crippen LogP contribution is -2.49. The van der Waals surface area contributed by atoms with Gasteiger partial charge in [-0.2, -0.15) is 0 Å². The fraction of sp³-hybridized carbons (Fsp3) is 1.00. The van der Waals surface area contributed by atoms with E-state index in [1.165, 1.54) is 32.1 Å². The van der Waals surface area contributed by atoms with Crippen molar-refractivity contribution in [2.75, 3.05) is 19.8 Å². The average Bonchev–Trinajstić information content (AvgIpc) is 2.14. The second-order valence-corrected chi connectivity index (χ2v) is 4.35. The smallest absolute Gasteiger partial charge is 0.0645 e. The minimum Gasteiger partial charge on any atom is -0.380 e. The first-order chi connectivity index (χ1) is 6.27. The van der Waals surface area contributed by atoms with Gasteiger partial charge in [0.05, 0.1) is 6.61 Å². The van der Waals surface area contributed by atoms with Gasteiger partial charge in [-0.05, 0) is 32.7 Å². The molecule has 0 aliphatic carbocycles. The normalized spacial score (nSPS) is 29.1. The van der Waals surface area contributed by atoms with Crippen molar-refractivity contribution in [3.8, 4) is 0 Å². The van der Waals surface area contributed by atoms with Crippen molar-refractivity contribution in [2.45, 2.75) is 51.5 Å². The molecule has 0 radical (unpaired) electrons. The maximum absolute atomic E-state index is 5.48. The number of ether oxygens (including phenoxy) is 1. The molecule has 1 atom stereocenters. The topological polar surface area (TPSA) is 21.3 Å². The Morgan fingerprint density at radius 2 is 2.23 bits per heavy atom. The molecule has 0 saturated carbocycles. The van der Waals surface area contributed by atoms with Crippen molar-refractivity contribution in [3.05, 3.63) is 0 Å². The third-order valence-corrected chi connectivity index (χ3v) is 2.77. The minimum atomic E-state index is 0.256. The van der Waals surface area contributed by atoms with E-state index >= 15 is 0 Å². The maximum atomic E-state index is 5.48. The highest BCUT2D eigenvalue weighted by Gasteiger charge is 2.26. The standard InChI is InChI=1S/C11H23NO/c1-3-4-5-8-12-11(2)7-6-9-13-10-11/h12H,3-10H2,1-2H3. The van der Waals surface area contributed by atoms with Crippen molar-refractivity contribution >= 4 is 0 Å². The van der Waals surface area contributed by atoms with E-state index in [2.05, 4.69) is 19.2 Å². The molecule has 13 heavy (non-hydrogen) atoms. The van der Waals surface area contributed by atoms with Crippen LogP contribution in [0, 0.1) is 0 Å². The van der Waals surface area contributed by atoms with E-state index in [-0.39, 0.29) is 5.54 Å². The van der Waals surface area contributed by atoms with Crippen LogP contribution in [0.25, 0.3) is 0 Å². The highest BCUT2D eigenvalue weighted by atomic mass is 16.5. The second kappa shape index (κ2) is 5.61. The molecular weight excluding hydrogens is 162 g/mol. The first kappa shape index (κ1) is 11.0. The Morgan fingerprint density at radius 1 is 1.38 bits per heavy atom. The van der Waals surface area contributed by atoms with Crippen molar-refractivity contribution in [1.82, 2.24) is 5.32 Å². The SMILES string of the molecule is CCCCCNC1(C)CCCOC1. The molecule has 0 aromatic carbocycles. The van der Waals surface area contributed by atoms with Crippen LogP contribution in [0.4, 0.5) is 0 Å². The summed E-state index contributed by atoms with van der Waals surface area (Å²) >= 11 is 0. The molecule has 78 valence electrons. The molecule has 1 fully saturated rings. The quantitative estimate of drug-likeness (QED) is 0.664. The molecule has 1 unspecified atom stereocenters. The molecule has 0 spiro atoms. The van der Waals surface area contributed by atoms with E-state index in [0.29, 0.717) is 0 Å². The Morgan fingerprint density at radius 3 is 2.85 bits per heavy atom. The van der Waals surface area contributed by atoms with Gasteiger partial charge in [0.1, 0.15) is 0 Å². The van der Waals surface area contributed by atoms with Crippen molar-refractivity contribution in [2.24, 2.45) is 0 Å². The van der Waals surface area contributed by atoms with Crippen LogP contribution in [-0.4, -0.2) is 25.3 Å². The molecule has 0 aromatic rings. The molecule has 1 saturated heterocycles. The van der Waals surface area contributed by atoms with Gasteiger partial charge in [-0.3, -0.25) is 0 Å². The maximum Gasteiger partial charge on any atom is 0.0645 e. The third kappa shape index (κ3) is 4.10. The van der Waals surface area contributed by atoms with Crippen LogP contribution in [0.1, 0.15) is 46.0 Å². The highest BCUT2D eigenvalue weighted by molar-refractivity contribution is 4.84. The highest BCUT2D eigenvalue weighted by Crippen LogP contribution is 2.18. The fourth-order valence-electron chi connectivity index (χ4n) is 1.84. The molecule has 1 rings (SSSR count). The monoisotopic (exact) mass is 185 g/mol. The molecule has 0 bridgehead atoms. The third-order valence-electron chi connectivity index (χ3n) is 2.77. The van der Waals surface area contributed by atoms with Gasteiger partial charge in [0.25, 0.3) is 0 Å². The van der Waals surface area contributed by atoms with E-state index < -0.39 is 0 Å². The lowest BCUT2D eigenvalue weighted by molar-refractivity contribution is 0.0286. The molecule has 2 nitrogen and oxygen atoms in total. The summed E-state index contributed by atoms with van der Waals surface area (Å²) in [5.74, 6) is 0.